The molecule has 0 saturated carbocycles. The Kier molecular flexibility index (Phi) is 5.14. The normalized spacial score (nSPS) is 15.8. The van der Waals surface area contributed by atoms with Crippen LogP contribution in [0.4, 0.5) is 10.1 Å². The summed E-state index contributed by atoms with van der Waals surface area (Å²) in [5.74, 6) is 0.121. The lowest BCUT2D eigenvalue weighted by Gasteiger charge is -2.35. The highest BCUT2D eigenvalue weighted by Gasteiger charge is 2.31. The number of nitrogens with one attached hydrogen (secondary N) is 2. The van der Waals surface area contributed by atoms with E-state index in [1.165, 1.54) is 12.1 Å². The second-order valence-corrected chi connectivity index (χ2v) is 5.97. The van der Waals surface area contributed by atoms with E-state index in [1.807, 2.05) is 23.1 Å². The number of hydrogen-bond acceptors (Lipinski definition) is 3. The van der Waals surface area contributed by atoms with Crippen molar-refractivity contribution in [1.29, 1.82) is 0 Å². The highest BCUT2D eigenvalue weighted by molar-refractivity contribution is 7.80. The Hall–Kier alpha value is -2.67. The number of rotatable bonds is 3. The fourth-order valence-electron chi connectivity index (χ4n) is 2.60. The van der Waals surface area contributed by atoms with Gasteiger partial charge in [-0.1, -0.05) is 24.3 Å². The van der Waals surface area contributed by atoms with Crippen LogP contribution in [0.3, 0.4) is 0 Å². The summed E-state index contributed by atoms with van der Waals surface area (Å²) in [7, 11) is 1.57. The Labute approximate surface area is 150 Å². The summed E-state index contributed by atoms with van der Waals surface area (Å²) in [5.41, 5.74) is 1.72. The Morgan fingerprint density at radius 3 is 2.72 bits per heavy atom. The van der Waals surface area contributed by atoms with Gasteiger partial charge in [-0.15, -0.1) is 0 Å². The van der Waals surface area contributed by atoms with Crippen LogP contribution in [0.5, 0.6) is 5.75 Å². The number of nitrogens with zero attached hydrogens (tertiary/aromatic N) is 1. The first-order chi connectivity index (χ1) is 12.1. The molecule has 0 fully saturated rings. The van der Waals surface area contributed by atoms with E-state index < -0.39 is 6.10 Å². The number of carbonyl (C=O) groups is 1. The van der Waals surface area contributed by atoms with Gasteiger partial charge in [0.05, 0.1) is 12.2 Å². The number of anilines is 1. The zero-order valence-corrected chi connectivity index (χ0v) is 14.5. The molecular weight excluding hydrogens is 341 g/mol. The lowest BCUT2D eigenvalue weighted by Crippen LogP contribution is -2.52. The van der Waals surface area contributed by atoms with Crippen molar-refractivity contribution < 1.29 is 13.9 Å². The van der Waals surface area contributed by atoms with Gasteiger partial charge in [0.25, 0.3) is 5.91 Å². The van der Waals surface area contributed by atoms with E-state index >= 15 is 0 Å². The second-order valence-electron chi connectivity index (χ2n) is 5.58. The minimum absolute atomic E-state index is 0.208. The molecule has 130 valence electrons. The summed E-state index contributed by atoms with van der Waals surface area (Å²) in [6.45, 7) is 0.773. The van der Waals surface area contributed by atoms with Crippen molar-refractivity contribution in [1.82, 2.24) is 10.6 Å². The van der Waals surface area contributed by atoms with Gasteiger partial charge in [-0.05, 0) is 42.0 Å². The van der Waals surface area contributed by atoms with Gasteiger partial charge in [0.2, 0.25) is 0 Å². The summed E-state index contributed by atoms with van der Waals surface area (Å²) in [6, 6.07) is 13.6. The fourth-order valence-corrected chi connectivity index (χ4v) is 2.84. The van der Waals surface area contributed by atoms with Gasteiger partial charge >= 0.3 is 0 Å². The van der Waals surface area contributed by atoms with Crippen molar-refractivity contribution in [3.05, 3.63) is 59.9 Å². The third kappa shape index (κ3) is 3.88. The third-order valence-corrected chi connectivity index (χ3v) is 4.28. The van der Waals surface area contributed by atoms with Gasteiger partial charge in [0, 0.05) is 13.6 Å². The van der Waals surface area contributed by atoms with Gasteiger partial charge < -0.3 is 20.3 Å². The van der Waals surface area contributed by atoms with Crippen LogP contribution < -0.4 is 20.3 Å². The number of benzene rings is 2. The van der Waals surface area contributed by atoms with Crippen LogP contribution in [0.1, 0.15) is 5.56 Å². The van der Waals surface area contributed by atoms with E-state index in [-0.39, 0.29) is 11.7 Å². The van der Waals surface area contributed by atoms with Gasteiger partial charge in [0.1, 0.15) is 11.6 Å². The molecule has 1 aliphatic rings. The van der Waals surface area contributed by atoms with Gasteiger partial charge in [-0.25, -0.2) is 4.39 Å². The molecule has 0 unspecified atom stereocenters. The molecule has 0 spiro atoms. The third-order valence-electron chi connectivity index (χ3n) is 3.91. The van der Waals surface area contributed by atoms with Crippen LogP contribution in [0.25, 0.3) is 0 Å². The van der Waals surface area contributed by atoms with E-state index in [1.54, 1.807) is 25.2 Å². The molecule has 0 aromatic heterocycles. The fraction of sp³-hybridized carbons (Fsp3) is 0.222. The quantitative estimate of drug-likeness (QED) is 0.823. The van der Waals surface area contributed by atoms with Crippen molar-refractivity contribution in [2.75, 3.05) is 18.5 Å². The molecule has 1 heterocycles. The molecule has 5 nitrogen and oxygen atoms in total. The van der Waals surface area contributed by atoms with E-state index in [0.717, 1.165) is 11.3 Å². The minimum Gasteiger partial charge on any atom is -0.477 e. The number of para-hydroxylation sites is 2. The number of fused-ring (bicyclic) bond motifs is 1. The summed E-state index contributed by atoms with van der Waals surface area (Å²) >= 11 is 5.50. The molecule has 2 N–H and O–H groups in total. The largest absolute Gasteiger partial charge is 0.477 e. The van der Waals surface area contributed by atoms with E-state index in [0.29, 0.717) is 24.0 Å². The van der Waals surface area contributed by atoms with Gasteiger partial charge in [-0.3, -0.25) is 4.79 Å². The van der Waals surface area contributed by atoms with E-state index in [9.17, 15) is 9.18 Å². The number of halogens is 1. The molecule has 1 atom stereocenters. The monoisotopic (exact) mass is 359 g/mol. The molecule has 7 heteroatoms. The first-order valence-corrected chi connectivity index (χ1v) is 8.26. The molecule has 2 aromatic carbocycles. The summed E-state index contributed by atoms with van der Waals surface area (Å²) in [4.78, 5) is 13.8. The molecule has 25 heavy (non-hydrogen) atoms. The maximum absolute atomic E-state index is 13.0. The SMILES string of the molecule is CNC(=O)[C@H]1CN(C(=S)NCc2ccc(F)cc2)c2ccccc2O1. The molecule has 0 bridgehead atoms. The first kappa shape index (κ1) is 17.2. The average molecular weight is 359 g/mol. The number of carbonyl (C=O) groups excluding carboxylic acids is 1. The number of likely N-dealkylation sites (N-methyl/N-ethyl adjacent to an activating group) is 1. The maximum atomic E-state index is 13.0. The van der Waals surface area contributed by atoms with Crippen LogP contribution in [-0.4, -0.2) is 30.7 Å². The van der Waals surface area contributed by atoms with E-state index in [4.69, 9.17) is 17.0 Å². The molecular formula is C18H18FN3O2S. The highest BCUT2D eigenvalue weighted by Crippen LogP contribution is 2.33. The zero-order valence-electron chi connectivity index (χ0n) is 13.7. The van der Waals surface area contributed by atoms with Crippen molar-refractivity contribution in [3.8, 4) is 5.75 Å². The molecule has 0 radical (unpaired) electrons. The van der Waals surface area contributed by atoms with Gasteiger partial charge in [-0.2, -0.15) is 0 Å². The van der Waals surface area contributed by atoms with Crippen LogP contribution in [-0.2, 0) is 11.3 Å². The molecule has 0 saturated heterocycles. The Balaban J connectivity index is 1.75. The van der Waals surface area contributed by atoms with Crippen molar-refractivity contribution in [2.45, 2.75) is 12.6 Å². The van der Waals surface area contributed by atoms with Crippen molar-refractivity contribution in [3.63, 3.8) is 0 Å². The van der Waals surface area contributed by atoms with Gasteiger partial charge in [0.15, 0.2) is 11.2 Å². The van der Waals surface area contributed by atoms with Crippen LogP contribution in [0.15, 0.2) is 48.5 Å². The number of amides is 1. The predicted molar refractivity (Wildman–Crippen MR) is 98.1 cm³/mol. The standard InChI is InChI=1S/C18H18FN3O2S/c1-20-17(23)16-11-22(14-4-2-3-5-15(14)24-16)18(25)21-10-12-6-8-13(19)9-7-12/h2-9,16H,10-11H2,1H3,(H,20,23)(H,21,25)/t16-/m1/s1. The second kappa shape index (κ2) is 7.48. The molecule has 3 rings (SSSR count). The topological polar surface area (TPSA) is 53.6 Å². The van der Waals surface area contributed by atoms with E-state index in [2.05, 4.69) is 10.6 Å². The molecule has 2 aromatic rings. The Morgan fingerprint density at radius 2 is 2.00 bits per heavy atom. The van der Waals surface area contributed by atoms with Crippen LogP contribution in [0, 0.1) is 5.82 Å². The van der Waals surface area contributed by atoms with Crippen molar-refractivity contribution >= 4 is 28.9 Å². The molecule has 0 aliphatic carbocycles. The van der Waals surface area contributed by atoms with Crippen LogP contribution in [0.2, 0.25) is 0 Å². The van der Waals surface area contributed by atoms with Crippen molar-refractivity contribution in [2.24, 2.45) is 0 Å². The number of ether oxygens (including phenoxy) is 1. The Bertz CT molecular complexity index is 782. The first-order valence-electron chi connectivity index (χ1n) is 7.85. The number of hydrogen-bond donors (Lipinski definition) is 2. The molecule has 1 amide bonds. The summed E-state index contributed by atoms with van der Waals surface area (Å²) in [5, 5.41) is 6.23. The van der Waals surface area contributed by atoms with Crippen LogP contribution >= 0.6 is 12.2 Å². The number of thiocarbonyl (C=S) groups is 1. The Morgan fingerprint density at radius 1 is 1.28 bits per heavy atom. The zero-order chi connectivity index (χ0) is 17.8. The lowest BCUT2D eigenvalue weighted by molar-refractivity contribution is -0.127. The predicted octanol–water partition coefficient (Wildman–Crippen LogP) is 2.21. The lowest BCUT2D eigenvalue weighted by atomic mass is 10.2. The smallest absolute Gasteiger partial charge is 0.262 e. The molecule has 1 aliphatic heterocycles. The maximum Gasteiger partial charge on any atom is 0.262 e. The minimum atomic E-state index is -0.648. The average Bonchev–Trinajstić information content (AvgIpc) is 2.65. The summed E-state index contributed by atoms with van der Waals surface area (Å²) < 4.78 is 18.7. The highest BCUT2D eigenvalue weighted by atomic mass is 32.1. The summed E-state index contributed by atoms with van der Waals surface area (Å²) in [6.07, 6.45) is -0.648.